The molecule has 0 spiro atoms. The van der Waals surface area contributed by atoms with Crippen LogP contribution >= 0.6 is 0 Å². The maximum absolute atomic E-state index is 12.8. The number of carbonyl (C=O) groups excluding carboxylic acids is 2. The molecule has 0 saturated carbocycles. The summed E-state index contributed by atoms with van der Waals surface area (Å²) in [6.45, 7) is 7.64. The van der Waals surface area contributed by atoms with Gasteiger partial charge in [0.2, 0.25) is 0 Å². The topological polar surface area (TPSA) is 86.1 Å². The van der Waals surface area contributed by atoms with Gasteiger partial charge in [-0.25, -0.2) is 9.78 Å². The average molecular weight is 332 g/mol. The van der Waals surface area contributed by atoms with E-state index in [1.165, 1.54) is 7.11 Å². The van der Waals surface area contributed by atoms with E-state index in [1.807, 2.05) is 27.7 Å². The third kappa shape index (κ3) is 3.55. The highest BCUT2D eigenvalue weighted by Gasteiger charge is 2.25. The lowest BCUT2D eigenvalue weighted by Crippen LogP contribution is -2.42. The zero-order valence-electron chi connectivity index (χ0n) is 15.0. The van der Waals surface area contributed by atoms with Crippen LogP contribution in [0.2, 0.25) is 0 Å². The number of esters is 1. The van der Waals surface area contributed by atoms with Crippen molar-refractivity contribution >= 4 is 22.9 Å². The van der Waals surface area contributed by atoms with E-state index in [0.29, 0.717) is 28.7 Å². The van der Waals surface area contributed by atoms with Gasteiger partial charge in [-0.05, 0) is 32.3 Å². The Bertz CT molecular complexity index is 780. The lowest BCUT2D eigenvalue weighted by atomic mass is 10.0. The second-order valence-electron chi connectivity index (χ2n) is 6.40. The molecule has 2 heterocycles. The fourth-order valence-corrected chi connectivity index (χ4v) is 2.81. The van der Waals surface area contributed by atoms with Gasteiger partial charge < -0.3 is 10.1 Å². The summed E-state index contributed by atoms with van der Waals surface area (Å²) in [7, 11) is 3.11. The highest BCUT2D eigenvalue weighted by Crippen LogP contribution is 2.22. The second-order valence-corrected chi connectivity index (χ2v) is 6.40. The SMILES string of the molecule is COC(=O)[C@H](CC(C)C)NC(=O)c1cc(C)nc2c1c(C)nn2C. The first-order valence-electron chi connectivity index (χ1n) is 7.94. The Morgan fingerprint density at radius 3 is 2.58 bits per heavy atom. The van der Waals surface area contributed by atoms with Crippen molar-refractivity contribution in [2.24, 2.45) is 13.0 Å². The molecule has 0 saturated heterocycles. The van der Waals surface area contributed by atoms with E-state index in [2.05, 4.69) is 15.4 Å². The number of aryl methyl sites for hydroxylation is 3. The van der Waals surface area contributed by atoms with Gasteiger partial charge in [-0.2, -0.15) is 5.10 Å². The van der Waals surface area contributed by atoms with Crippen LogP contribution in [-0.2, 0) is 16.6 Å². The van der Waals surface area contributed by atoms with Crippen LogP contribution in [0.3, 0.4) is 0 Å². The molecule has 0 aliphatic rings. The highest BCUT2D eigenvalue weighted by molar-refractivity contribution is 6.07. The number of ether oxygens (including phenoxy) is 1. The molecule has 1 amide bonds. The number of amides is 1. The number of rotatable bonds is 5. The summed E-state index contributed by atoms with van der Waals surface area (Å²) in [5.41, 5.74) is 2.56. The highest BCUT2D eigenvalue weighted by atomic mass is 16.5. The number of aromatic nitrogens is 3. The maximum Gasteiger partial charge on any atom is 0.328 e. The summed E-state index contributed by atoms with van der Waals surface area (Å²) in [6.07, 6.45) is 0.512. The fourth-order valence-electron chi connectivity index (χ4n) is 2.81. The van der Waals surface area contributed by atoms with Crippen molar-refractivity contribution in [3.63, 3.8) is 0 Å². The normalized spacial score (nSPS) is 12.5. The molecule has 0 fully saturated rings. The number of hydrogen-bond donors (Lipinski definition) is 1. The quantitative estimate of drug-likeness (QED) is 0.845. The predicted molar refractivity (Wildman–Crippen MR) is 90.7 cm³/mol. The number of carbonyl (C=O) groups is 2. The molecule has 0 radical (unpaired) electrons. The molecular formula is C17H24N4O3. The molecule has 7 nitrogen and oxygen atoms in total. The summed E-state index contributed by atoms with van der Waals surface area (Å²) in [6, 6.07) is 1.04. The molecule has 0 aromatic carbocycles. The van der Waals surface area contributed by atoms with Crippen molar-refractivity contribution in [1.29, 1.82) is 0 Å². The zero-order chi connectivity index (χ0) is 18.0. The van der Waals surface area contributed by atoms with Gasteiger partial charge in [-0.3, -0.25) is 9.48 Å². The number of fused-ring (bicyclic) bond motifs is 1. The third-order valence-electron chi connectivity index (χ3n) is 3.84. The van der Waals surface area contributed by atoms with Crippen LogP contribution in [0.25, 0.3) is 11.0 Å². The minimum absolute atomic E-state index is 0.244. The fraction of sp³-hybridized carbons (Fsp3) is 0.529. The number of nitrogens with one attached hydrogen (secondary N) is 1. The van der Waals surface area contributed by atoms with E-state index in [-0.39, 0.29) is 11.8 Å². The van der Waals surface area contributed by atoms with Crippen LogP contribution in [0.15, 0.2) is 6.07 Å². The number of hydrogen-bond acceptors (Lipinski definition) is 5. The Balaban J connectivity index is 2.42. The van der Waals surface area contributed by atoms with E-state index in [4.69, 9.17) is 4.74 Å². The van der Waals surface area contributed by atoms with Gasteiger partial charge in [0.05, 0.1) is 23.8 Å². The average Bonchev–Trinajstić information content (AvgIpc) is 2.79. The third-order valence-corrected chi connectivity index (χ3v) is 3.84. The predicted octanol–water partition coefficient (Wildman–Crippen LogP) is 1.90. The Kier molecular flexibility index (Phi) is 5.21. The van der Waals surface area contributed by atoms with Gasteiger partial charge in [0, 0.05) is 12.7 Å². The van der Waals surface area contributed by atoms with Crippen molar-refractivity contribution in [2.75, 3.05) is 7.11 Å². The van der Waals surface area contributed by atoms with Gasteiger partial charge in [0.1, 0.15) is 6.04 Å². The Morgan fingerprint density at radius 1 is 1.33 bits per heavy atom. The van der Waals surface area contributed by atoms with Crippen molar-refractivity contribution in [3.8, 4) is 0 Å². The first-order chi connectivity index (χ1) is 11.2. The van der Waals surface area contributed by atoms with Gasteiger partial charge in [0.25, 0.3) is 5.91 Å². The van der Waals surface area contributed by atoms with E-state index in [0.717, 1.165) is 5.69 Å². The van der Waals surface area contributed by atoms with Crippen LogP contribution in [0.1, 0.15) is 42.0 Å². The summed E-state index contributed by atoms with van der Waals surface area (Å²) in [5, 5.41) is 7.83. The van der Waals surface area contributed by atoms with Crippen molar-refractivity contribution in [3.05, 3.63) is 23.0 Å². The first kappa shape index (κ1) is 17.9. The standard InChI is InChI=1S/C17H24N4O3/c1-9(2)7-13(17(23)24-6)19-16(22)12-8-10(3)18-15-14(12)11(4)20-21(15)5/h8-9,13H,7H2,1-6H3,(H,19,22)/t13-/m0/s1. The van der Waals surface area contributed by atoms with Crippen LogP contribution < -0.4 is 5.32 Å². The van der Waals surface area contributed by atoms with Crippen molar-refractivity contribution in [1.82, 2.24) is 20.1 Å². The molecule has 2 aromatic rings. The minimum Gasteiger partial charge on any atom is -0.467 e. The number of nitrogens with zero attached hydrogens (tertiary/aromatic N) is 3. The Labute approximate surface area is 141 Å². The minimum atomic E-state index is -0.678. The van der Waals surface area contributed by atoms with Crippen molar-refractivity contribution in [2.45, 2.75) is 40.2 Å². The molecule has 1 N–H and O–H groups in total. The molecule has 7 heteroatoms. The van der Waals surface area contributed by atoms with E-state index in [9.17, 15) is 9.59 Å². The summed E-state index contributed by atoms with van der Waals surface area (Å²) in [4.78, 5) is 29.2. The van der Waals surface area contributed by atoms with E-state index in [1.54, 1.807) is 17.8 Å². The van der Waals surface area contributed by atoms with Crippen LogP contribution in [0.4, 0.5) is 0 Å². The lowest BCUT2D eigenvalue weighted by Gasteiger charge is -2.18. The summed E-state index contributed by atoms with van der Waals surface area (Å²) >= 11 is 0. The smallest absolute Gasteiger partial charge is 0.328 e. The molecular weight excluding hydrogens is 308 g/mol. The second kappa shape index (κ2) is 6.98. The molecule has 24 heavy (non-hydrogen) atoms. The molecule has 2 rings (SSSR count). The zero-order valence-corrected chi connectivity index (χ0v) is 15.0. The number of methoxy groups -OCH3 is 1. The first-order valence-corrected chi connectivity index (χ1v) is 7.94. The van der Waals surface area contributed by atoms with Gasteiger partial charge in [-0.1, -0.05) is 13.8 Å². The Morgan fingerprint density at radius 2 is 2.00 bits per heavy atom. The molecule has 130 valence electrons. The molecule has 0 aliphatic carbocycles. The molecule has 0 aliphatic heterocycles. The molecule has 0 unspecified atom stereocenters. The maximum atomic E-state index is 12.8. The summed E-state index contributed by atoms with van der Waals surface area (Å²) < 4.78 is 6.46. The Hall–Kier alpha value is -2.44. The van der Waals surface area contributed by atoms with Gasteiger partial charge in [0.15, 0.2) is 5.65 Å². The largest absolute Gasteiger partial charge is 0.467 e. The van der Waals surface area contributed by atoms with Crippen molar-refractivity contribution < 1.29 is 14.3 Å². The molecule has 1 atom stereocenters. The summed E-state index contributed by atoms with van der Waals surface area (Å²) in [5.74, 6) is -0.520. The monoisotopic (exact) mass is 332 g/mol. The van der Waals surface area contributed by atoms with Gasteiger partial charge in [-0.15, -0.1) is 0 Å². The molecule has 2 aromatic heterocycles. The van der Waals surface area contributed by atoms with E-state index >= 15 is 0 Å². The molecule has 0 bridgehead atoms. The van der Waals surface area contributed by atoms with E-state index < -0.39 is 12.0 Å². The van der Waals surface area contributed by atoms with Crippen LogP contribution in [-0.4, -0.2) is 39.8 Å². The van der Waals surface area contributed by atoms with Crippen LogP contribution in [0.5, 0.6) is 0 Å². The number of pyridine rings is 1. The van der Waals surface area contributed by atoms with Gasteiger partial charge >= 0.3 is 5.97 Å². The van der Waals surface area contributed by atoms with Crippen LogP contribution in [0, 0.1) is 19.8 Å². The lowest BCUT2D eigenvalue weighted by molar-refractivity contribution is -0.143.